The largest absolute Gasteiger partial charge is 0.329 e. The Balaban J connectivity index is 2.41. The van der Waals surface area contributed by atoms with Crippen molar-refractivity contribution in [2.24, 2.45) is 11.7 Å². The van der Waals surface area contributed by atoms with Crippen LogP contribution in [0.1, 0.15) is 78.6 Å². The Hall–Kier alpha value is -0.0800. The van der Waals surface area contributed by atoms with E-state index in [9.17, 15) is 0 Å². The molecule has 0 aliphatic heterocycles. The highest BCUT2D eigenvalue weighted by molar-refractivity contribution is 4.95. The van der Waals surface area contributed by atoms with Crippen molar-refractivity contribution >= 4 is 0 Å². The molecule has 1 aliphatic rings. The summed E-state index contributed by atoms with van der Waals surface area (Å²) in [6.07, 6.45) is 12.2. The van der Waals surface area contributed by atoms with E-state index >= 15 is 0 Å². The van der Waals surface area contributed by atoms with Crippen molar-refractivity contribution in [2.45, 2.75) is 84.1 Å². The van der Waals surface area contributed by atoms with Crippen LogP contribution in [0.5, 0.6) is 0 Å². The van der Waals surface area contributed by atoms with Crippen LogP contribution in [-0.2, 0) is 0 Å². The van der Waals surface area contributed by atoms with Crippen molar-refractivity contribution in [3.63, 3.8) is 0 Å². The molecule has 0 atom stereocenters. The summed E-state index contributed by atoms with van der Waals surface area (Å²) in [6, 6.07) is 0. The number of nitrogens with zero attached hydrogens (tertiary/aromatic N) is 1. The maximum Gasteiger partial charge on any atom is 0.0331 e. The fourth-order valence-corrected chi connectivity index (χ4v) is 3.59. The van der Waals surface area contributed by atoms with Gasteiger partial charge in [-0.1, -0.05) is 46.5 Å². The molecule has 0 saturated heterocycles. The van der Waals surface area contributed by atoms with Crippen molar-refractivity contribution in [2.75, 3.05) is 19.6 Å². The van der Waals surface area contributed by atoms with Crippen LogP contribution in [0, 0.1) is 5.92 Å². The molecule has 114 valence electrons. The van der Waals surface area contributed by atoms with E-state index in [1.54, 1.807) is 0 Å². The summed E-state index contributed by atoms with van der Waals surface area (Å²) < 4.78 is 0. The third-order valence-electron chi connectivity index (χ3n) is 5.17. The second kappa shape index (κ2) is 8.97. The summed E-state index contributed by atoms with van der Waals surface area (Å²) in [5.74, 6) is 0.905. The SMILES string of the molecule is CCCCCCCN(CC)C1(CN)CCC(C)CC1. The van der Waals surface area contributed by atoms with Gasteiger partial charge in [-0.15, -0.1) is 0 Å². The molecule has 0 spiro atoms. The van der Waals surface area contributed by atoms with Crippen LogP contribution in [0.25, 0.3) is 0 Å². The minimum Gasteiger partial charge on any atom is -0.329 e. The quantitative estimate of drug-likeness (QED) is 0.635. The number of unbranched alkanes of at least 4 members (excludes halogenated alkanes) is 4. The fourth-order valence-electron chi connectivity index (χ4n) is 3.59. The molecule has 0 unspecified atom stereocenters. The van der Waals surface area contributed by atoms with Gasteiger partial charge in [-0.3, -0.25) is 4.90 Å². The van der Waals surface area contributed by atoms with Crippen LogP contribution in [-0.4, -0.2) is 30.1 Å². The van der Waals surface area contributed by atoms with Gasteiger partial charge >= 0.3 is 0 Å². The van der Waals surface area contributed by atoms with E-state index < -0.39 is 0 Å². The number of hydrogen-bond acceptors (Lipinski definition) is 2. The van der Waals surface area contributed by atoms with Gasteiger partial charge in [0.15, 0.2) is 0 Å². The maximum absolute atomic E-state index is 6.17. The molecule has 0 bridgehead atoms. The molecule has 0 aromatic carbocycles. The second-order valence-electron chi connectivity index (χ2n) is 6.60. The van der Waals surface area contributed by atoms with Gasteiger partial charge in [-0.05, 0) is 51.1 Å². The van der Waals surface area contributed by atoms with Gasteiger partial charge in [0.1, 0.15) is 0 Å². The average Bonchev–Trinajstić information content (AvgIpc) is 2.44. The number of nitrogens with two attached hydrogens (primary N) is 1. The Morgan fingerprint density at radius 1 is 1.05 bits per heavy atom. The topological polar surface area (TPSA) is 29.3 Å². The van der Waals surface area contributed by atoms with Crippen molar-refractivity contribution in [3.05, 3.63) is 0 Å². The molecule has 1 saturated carbocycles. The van der Waals surface area contributed by atoms with Crippen molar-refractivity contribution in [3.8, 4) is 0 Å². The molecule has 0 aromatic heterocycles. The highest BCUT2D eigenvalue weighted by atomic mass is 15.2. The Morgan fingerprint density at radius 2 is 1.68 bits per heavy atom. The van der Waals surface area contributed by atoms with Gasteiger partial charge in [-0.25, -0.2) is 0 Å². The second-order valence-corrected chi connectivity index (χ2v) is 6.60. The van der Waals surface area contributed by atoms with E-state index in [1.807, 2.05) is 0 Å². The summed E-state index contributed by atoms with van der Waals surface area (Å²) in [5.41, 5.74) is 6.50. The molecule has 0 radical (unpaired) electrons. The third kappa shape index (κ3) is 5.07. The zero-order chi connectivity index (χ0) is 14.1. The predicted molar refractivity (Wildman–Crippen MR) is 85.4 cm³/mol. The first-order valence-corrected chi connectivity index (χ1v) is 8.63. The molecule has 0 aromatic rings. The third-order valence-corrected chi connectivity index (χ3v) is 5.17. The first-order chi connectivity index (χ1) is 9.18. The molecular weight excluding hydrogens is 232 g/mol. The molecule has 1 fully saturated rings. The predicted octanol–water partition coefficient (Wildman–Crippen LogP) is 4.19. The van der Waals surface area contributed by atoms with E-state index in [-0.39, 0.29) is 0 Å². The van der Waals surface area contributed by atoms with Crippen molar-refractivity contribution < 1.29 is 0 Å². The van der Waals surface area contributed by atoms with Crippen molar-refractivity contribution in [1.29, 1.82) is 0 Å². The Kier molecular flexibility index (Phi) is 8.01. The lowest BCUT2D eigenvalue weighted by Gasteiger charge is -2.47. The lowest BCUT2D eigenvalue weighted by Crippen LogP contribution is -2.55. The van der Waals surface area contributed by atoms with E-state index in [0.717, 1.165) is 12.5 Å². The normalized spacial score (nSPS) is 27.9. The smallest absolute Gasteiger partial charge is 0.0331 e. The molecule has 2 N–H and O–H groups in total. The van der Waals surface area contributed by atoms with Crippen LogP contribution in [0.15, 0.2) is 0 Å². The fraction of sp³-hybridized carbons (Fsp3) is 1.00. The van der Waals surface area contributed by atoms with Gasteiger partial charge < -0.3 is 5.73 Å². The first-order valence-electron chi connectivity index (χ1n) is 8.63. The van der Waals surface area contributed by atoms with Crippen molar-refractivity contribution in [1.82, 2.24) is 4.90 Å². The standard InChI is InChI=1S/C17H36N2/c1-4-6-7-8-9-14-19(5-2)17(15-18)12-10-16(3)11-13-17/h16H,4-15,18H2,1-3H3. The average molecular weight is 268 g/mol. The van der Waals surface area contributed by atoms with E-state index in [4.69, 9.17) is 5.73 Å². The van der Waals surface area contributed by atoms with Crippen LogP contribution in [0.4, 0.5) is 0 Å². The number of hydrogen-bond donors (Lipinski definition) is 1. The van der Waals surface area contributed by atoms with E-state index in [1.165, 1.54) is 70.9 Å². The maximum atomic E-state index is 6.17. The Morgan fingerprint density at radius 3 is 2.21 bits per heavy atom. The minimum atomic E-state index is 0.325. The number of rotatable bonds is 9. The first kappa shape index (κ1) is 17.0. The molecule has 19 heavy (non-hydrogen) atoms. The molecule has 0 heterocycles. The Labute approximate surface area is 121 Å². The molecule has 2 heteroatoms. The highest BCUT2D eigenvalue weighted by Gasteiger charge is 2.37. The number of likely N-dealkylation sites (N-methyl/N-ethyl adjacent to an activating group) is 1. The molecule has 1 rings (SSSR count). The van der Waals surface area contributed by atoms with E-state index in [0.29, 0.717) is 5.54 Å². The van der Waals surface area contributed by atoms with Crippen LogP contribution in [0.3, 0.4) is 0 Å². The zero-order valence-electron chi connectivity index (χ0n) is 13.6. The van der Waals surface area contributed by atoms with Gasteiger partial charge in [0.05, 0.1) is 0 Å². The lowest BCUT2D eigenvalue weighted by molar-refractivity contribution is 0.0475. The van der Waals surface area contributed by atoms with Gasteiger partial charge in [0.25, 0.3) is 0 Å². The minimum absolute atomic E-state index is 0.325. The summed E-state index contributed by atoms with van der Waals surface area (Å²) in [7, 11) is 0. The summed E-state index contributed by atoms with van der Waals surface area (Å²) in [6.45, 7) is 10.3. The van der Waals surface area contributed by atoms with Gasteiger partial charge in [0, 0.05) is 12.1 Å². The zero-order valence-corrected chi connectivity index (χ0v) is 13.6. The Bertz CT molecular complexity index is 219. The van der Waals surface area contributed by atoms with Crippen LogP contribution < -0.4 is 5.73 Å². The summed E-state index contributed by atoms with van der Waals surface area (Å²) in [4.78, 5) is 2.70. The molecule has 1 aliphatic carbocycles. The molecular formula is C17H36N2. The highest BCUT2D eigenvalue weighted by Crippen LogP contribution is 2.35. The monoisotopic (exact) mass is 268 g/mol. The van der Waals surface area contributed by atoms with Crippen LogP contribution in [0.2, 0.25) is 0 Å². The summed E-state index contributed by atoms with van der Waals surface area (Å²) >= 11 is 0. The lowest BCUT2D eigenvalue weighted by atomic mass is 9.76. The van der Waals surface area contributed by atoms with E-state index in [2.05, 4.69) is 25.7 Å². The van der Waals surface area contributed by atoms with Gasteiger partial charge in [0.2, 0.25) is 0 Å². The summed E-state index contributed by atoms with van der Waals surface area (Å²) in [5, 5.41) is 0. The van der Waals surface area contributed by atoms with Crippen LogP contribution >= 0.6 is 0 Å². The molecule has 2 nitrogen and oxygen atoms in total. The van der Waals surface area contributed by atoms with Gasteiger partial charge in [-0.2, -0.15) is 0 Å². The molecule has 0 amide bonds.